The molecule has 0 unspecified atom stereocenters. The van der Waals surface area contributed by atoms with Crippen molar-refractivity contribution in [1.82, 2.24) is 0 Å². The number of esters is 1. The number of allylic oxidation sites excluding steroid dienone is 4. The van der Waals surface area contributed by atoms with E-state index in [-0.39, 0.29) is 18.4 Å². The summed E-state index contributed by atoms with van der Waals surface area (Å²) in [5.74, 6) is -0.196. The van der Waals surface area contributed by atoms with Crippen LogP contribution < -0.4 is 0 Å². The minimum Gasteiger partial charge on any atom is -0.457 e. The Morgan fingerprint density at radius 1 is 1.33 bits per heavy atom. The Morgan fingerprint density at radius 2 is 2.05 bits per heavy atom. The summed E-state index contributed by atoms with van der Waals surface area (Å²) in [7, 11) is 0. The maximum atomic E-state index is 12.0. The monoisotopic (exact) mass is 292 g/mol. The lowest BCUT2D eigenvalue weighted by atomic mass is 9.90. The zero-order valence-electron chi connectivity index (χ0n) is 13.0. The van der Waals surface area contributed by atoms with E-state index in [1.165, 1.54) is 0 Å². The van der Waals surface area contributed by atoms with Gasteiger partial charge in [0, 0.05) is 5.57 Å². The van der Waals surface area contributed by atoms with Gasteiger partial charge in [0.05, 0.1) is 18.6 Å². The summed E-state index contributed by atoms with van der Waals surface area (Å²) in [6.07, 6.45) is 11.0. The van der Waals surface area contributed by atoms with E-state index >= 15 is 0 Å². The van der Waals surface area contributed by atoms with E-state index in [2.05, 4.69) is 12.2 Å². The molecule has 2 rings (SSSR count). The molecule has 0 atom stereocenters. The predicted octanol–water partition coefficient (Wildman–Crippen LogP) is 3.15. The molecule has 0 N–H and O–H groups in total. The van der Waals surface area contributed by atoms with Gasteiger partial charge in [-0.1, -0.05) is 37.3 Å². The van der Waals surface area contributed by atoms with Crippen LogP contribution in [0.5, 0.6) is 0 Å². The Morgan fingerprint density at radius 3 is 2.71 bits per heavy atom. The zero-order valence-corrected chi connectivity index (χ0v) is 13.0. The number of hydrogen-bond acceptors (Lipinski definition) is 4. The molecule has 0 bridgehead atoms. The summed E-state index contributed by atoms with van der Waals surface area (Å²) in [5.41, 5.74) is 0.549. The molecule has 1 aliphatic heterocycles. The van der Waals surface area contributed by atoms with Crippen molar-refractivity contribution >= 4 is 5.97 Å². The van der Waals surface area contributed by atoms with Crippen LogP contribution in [0.15, 0.2) is 36.0 Å². The first kappa shape index (κ1) is 16.0. The molecule has 1 saturated heterocycles. The Labute approximate surface area is 126 Å². The van der Waals surface area contributed by atoms with Crippen LogP contribution in [0.2, 0.25) is 0 Å². The molecule has 1 fully saturated rings. The third kappa shape index (κ3) is 4.29. The molecule has 21 heavy (non-hydrogen) atoms. The number of ether oxygens (including phenoxy) is 3. The van der Waals surface area contributed by atoms with Gasteiger partial charge in [-0.25, -0.2) is 0 Å². The van der Waals surface area contributed by atoms with Gasteiger partial charge in [0.2, 0.25) is 0 Å². The molecular weight excluding hydrogens is 268 g/mol. The second-order valence-electron chi connectivity index (χ2n) is 5.99. The van der Waals surface area contributed by atoms with E-state index in [9.17, 15) is 4.79 Å². The minimum atomic E-state index is -0.463. The molecule has 0 spiro atoms. The SMILES string of the molecule is CCC(C)(C)C(=O)OC1COC(C2=CCC=CC=C2)OC1. The zero-order chi connectivity index (χ0) is 15.3. The van der Waals surface area contributed by atoms with Crippen molar-refractivity contribution in [2.75, 3.05) is 13.2 Å². The summed E-state index contributed by atoms with van der Waals surface area (Å²) in [4.78, 5) is 12.0. The second kappa shape index (κ2) is 7.05. The fraction of sp³-hybridized carbons (Fsp3) is 0.588. The van der Waals surface area contributed by atoms with Gasteiger partial charge in [-0.3, -0.25) is 4.79 Å². The number of rotatable bonds is 4. The van der Waals surface area contributed by atoms with Gasteiger partial charge in [-0.2, -0.15) is 0 Å². The van der Waals surface area contributed by atoms with Crippen molar-refractivity contribution in [2.45, 2.75) is 46.0 Å². The van der Waals surface area contributed by atoms with Crippen molar-refractivity contribution < 1.29 is 19.0 Å². The van der Waals surface area contributed by atoms with E-state index in [4.69, 9.17) is 14.2 Å². The maximum Gasteiger partial charge on any atom is 0.311 e. The van der Waals surface area contributed by atoms with E-state index in [0.29, 0.717) is 13.2 Å². The van der Waals surface area contributed by atoms with Crippen LogP contribution in [-0.2, 0) is 19.0 Å². The first-order valence-corrected chi connectivity index (χ1v) is 7.50. The van der Waals surface area contributed by atoms with Crippen molar-refractivity contribution in [3.05, 3.63) is 36.0 Å². The number of carbonyl (C=O) groups is 1. The lowest BCUT2D eigenvalue weighted by molar-refractivity contribution is -0.215. The fourth-order valence-corrected chi connectivity index (χ4v) is 1.97. The lowest BCUT2D eigenvalue weighted by Crippen LogP contribution is -2.41. The molecular formula is C17H24O4. The summed E-state index contributed by atoms with van der Waals surface area (Å²) in [6.45, 7) is 6.49. The summed E-state index contributed by atoms with van der Waals surface area (Å²) in [6, 6.07) is 0. The van der Waals surface area contributed by atoms with Crippen LogP contribution in [0.3, 0.4) is 0 Å². The molecule has 116 valence electrons. The second-order valence-corrected chi connectivity index (χ2v) is 5.99. The standard InChI is InChI=1S/C17H24O4/c1-4-17(2,3)16(18)21-14-11-19-15(20-12-14)13-9-7-5-6-8-10-13/h5-7,9-10,14-15H,4,8,11-12H2,1-3H3. The van der Waals surface area contributed by atoms with Gasteiger partial charge in [0.25, 0.3) is 0 Å². The highest BCUT2D eigenvalue weighted by atomic mass is 16.7. The largest absolute Gasteiger partial charge is 0.457 e. The maximum absolute atomic E-state index is 12.0. The molecule has 0 radical (unpaired) electrons. The fourth-order valence-electron chi connectivity index (χ4n) is 1.97. The van der Waals surface area contributed by atoms with Crippen LogP contribution >= 0.6 is 0 Å². The van der Waals surface area contributed by atoms with Gasteiger partial charge >= 0.3 is 5.97 Å². The highest BCUT2D eigenvalue weighted by Gasteiger charge is 2.32. The van der Waals surface area contributed by atoms with E-state index in [1.807, 2.05) is 39.0 Å². The quantitative estimate of drug-likeness (QED) is 0.747. The Balaban J connectivity index is 1.83. The van der Waals surface area contributed by atoms with Gasteiger partial charge in [0.15, 0.2) is 6.29 Å². The highest BCUT2D eigenvalue weighted by Crippen LogP contribution is 2.24. The molecule has 1 aliphatic carbocycles. The Kier molecular flexibility index (Phi) is 5.37. The third-order valence-electron chi connectivity index (χ3n) is 3.87. The van der Waals surface area contributed by atoms with Crippen molar-refractivity contribution in [1.29, 1.82) is 0 Å². The van der Waals surface area contributed by atoms with Gasteiger partial charge in [-0.05, 0) is 26.7 Å². The summed E-state index contributed by atoms with van der Waals surface area (Å²) >= 11 is 0. The van der Waals surface area contributed by atoms with E-state index < -0.39 is 5.41 Å². The van der Waals surface area contributed by atoms with Gasteiger partial charge in [0.1, 0.15) is 6.10 Å². The van der Waals surface area contributed by atoms with Crippen LogP contribution in [0.1, 0.15) is 33.6 Å². The molecule has 0 aromatic heterocycles. The average molecular weight is 292 g/mol. The molecule has 2 aliphatic rings. The number of hydrogen-bond donors (Lipinski definition) is 0. The highest BCUT2D eigenvalue weighted by molar-refractivity contribution is 5.76. The first-order valence-electron chi connectivity index (χ1n) is 7.50. The van der Waals surface area contributed by atoms with Gasteiger partial charge in [-0.15, -0.1) is 0 Å². The smallest absolute Gasteiger partial charge is 0.311 e. The molecule has 4 heteroatoms. The Hall–Kier alpha value is -1.39. The summed E-state index contributed by atoms with van der Waals surface area (Å²) < 4.78 is 16.8. The topological polar surface area (TPSA) is 44.8 Å². The molecule has 0 aromatic carbocycles. The van der Waals surface area contributed by atoms with Crippen molar-refractivity contribution in [3.63, 3.8) is 0 Å². The van der Waals surface area contributed by atoms with Crippen LogP contribution in [-0.4, -0.2) is 31.6 Å². The third-order valence-corrected chi connectivity index (χ3v) is 3.87. The Bertz CT molecular complexity index is 451. The summed E-state index contributed by atoms with van der Waals surface area (Å²) in [5, 5.41) is 0. The number of carbonyl (C=O) groups excluding carboxylic acids is 1. The lowest BCUT2D eigenvalue weighted by Gasteiger charge is -2.31. The van der Waals surface area contributed by atoms with E-state index in [1.54, 1.807) is 0 Å². The van der Waals surface area contributed by atoms with Crippen molar-refractivity contribution in [2.24, 2.45) is 5.41 Å². The minimum absolute atomic E-state index is 0.196. The predicted molar refractivity (Wildman–Crippen MR) is 80.6 cm³/mol. The van der Waals surface area contributed by atoms with Crippen LogP contribution in [0.25, 0.3) is 0 Å². The average Bonchev–Trinajstić information content (AvgIpc) is 2.77. The molecule has 0 saturated carbocycles. The normalized spacial score (nSPS) is 26.1. The molecule has 4 nitrogen and oxygen atoms in total. The molecule has 1 heterocycles. The van der Waals surface area contributed by atoms with E-state index in [0.717, 1.165) is 18.4 Å². The molecule has 0 aromatic rings. The first-order chi connectivity index (χ1) is 10.0. The molecule has 0 amide bonds. The van der Waals surface area contributed by atoms with Crippen molar-refractivity contribution in [3.8, 4) is 0 Å². The van der Waals surface area contributed by atoms with Gasteiger partial charge < -0.3 is 14.2 Å². The van der Waals surface area contributed by atoms with Crippen LogP contribution in [0, 0.1) is 5.41 Å². The van der Waals surface area contributed by atoms with Crippen LogP contribution in [0.4, 0.5) is 0 Å².